The minimum Gasteiger partial charge on any atom is -0.775 e. The van der Waals surface area contributed by atoms with Gasteiger partial charge < -0.3 is 93.9 Å². The van der Waals surface area contributed by atoms with Crippen molar-refractivity contribution < 1.29 is 104 Å². The SMILES string of the molecule is COC1[C@@H](OP(=O)([O-])OC[C@H]2O[C@@H](n3cnc4c(=O)[nH]c(N)nc43)C(O)[C@H]2OC(C)C)[C@@H](/C=C/P(=O)([O-])OP(=O)([O-])OP(=O)([O-])OC[C@H]2O[C@@H]([n+]3cn(C)c4c(=O)[nH]c(N)nc43)C(O)[C@H]2O)O[C@H]1n1cnc2c(N)ncnc21. The Morgan fingerprint density at radius 3 is 2.13 bits per heavy atom. The molecule has 42 heteroatoms. The first-order valence-corrected chi connectivity index (χ1v) is 28.5. The lowest BCUT2D eigenvalue weighted by Gasteiger charge is -2.34. The summed E-state index contributed by atoms with van der Waals surface area (Å²) in [6, 6.07) is 0. The molecular formula is C36H46N15O23P4-3. The number of ether oxygens (including phenoxy) is 5. The number of methoxy groups -OCH3 is 1. The van der Waals surface area contributed by atoms with Gasteiger partial charge in [-0.15, -0.1) is 0 Å². The molecule has 426 valence electrons. The van der Waals surface area contributed by atoms with Crippen LogP contribution in [0.1, 0.15) is 32.5 Å². The first kappa shape index (κ1) is 57.3. The summed E-state index contributed by atoms with van der Waals surface area (Å²) in [5.74, 6) is -0.670. The van der Waals surface area contributed by atoms with Crippen molar-refractivity contribution in [3.8, 4) is 0 Å². The van der Waals surface area contributed by atoms with E-state index in [9.17, 15) is 62.7 Å². The Labute approximate surface area is 434 Å². The lowest BCUT2D eigenvalue weighted by molar-refractivity contribution is -0.745. The van der Waals surface area contributed by atoms with Gasteiger partial charge in [-0.2, -0.15) is 4.98 Å². The molecule has 0 amide bonds. The van der Waals surface area contributed by atoms with Gasteiger partial charge in [0, 0.05) is 7.11 Å². The monoisotopic (exact) mass is 1180 g/mol. The number of aliphatic hydroxyl groups excluding tert-OH is 3. The fourth-order valence-corrected chi connectivity index (χ4v) is 13.3. The quantitative estimate of drug-likeness (QED) is 0.0262. The number of nitrogens with zero attached hydrogens (tertiary/aromatic N) is 10. The van der Waals surface area contributed by atoms with Gasteiger partial charge in [-0.1, -0.05) is 4.98 Å². The first-order chi connectivity index (χ1) is 36.6. The number of nitrogen functional groups attached to an aromatic ring is 3. The van der Waals surface area contributed by atoms with Gasteiger partial charge in [-0.25, -0.2) is 28.8 Å². The molecule has 3 aliphatic rings. The average molecular weight is 1180 g/mol. The maximum atomic E-state index is 13.8. The van der Waals surface area contributed by atoms with E-state index in [0.29, 0.717) is 6.08 Å². The summed E-state index contributed by atoms with van der Waals surface area (Å²) in [6.07, 6.45) is -15.2. The number of phosphoric acid groups is 3. The first-order valence-electron chi connectivity index (χ1n) is 22.5. The van der Waals surface area contributed by atoms with Crippen molar-refractivity contribution in [1.29, 1.82) is 0 Å². The summed E-state index contributed by atoms with van der Waals surface area (Å²) in [6.45, 7) is 1.06. The van der Waals surface area contributed by atoms with Gasteiger partial charge in [-0.3, -0.25) is 51.3 Å². The minimum atomic E-state index is -6.51. The number of aryl methyl sites for hydroxylation is 1. The molecule has 0 radical (unpaired) electrons. The Morgan fingerprint density at radius 2 is 1.42 bits per heavy atom. The van der Waals surface area contributed by atoms with Crippen LogP contribution in [-0.2, 0) is 71.2 Å². The molecule has 6 aromatic heterocycles. The molecule has 16 atom stereocenters. The molecule has 0 bridgehead atoms. The molecule has 11 N–H and O–H groups in total. The highest BCUT2D eigenvalue weighted by molar-refractivity contribution is 7.68. The summed E-state index contributed by atoms with van der Waals surface area (Å²) in [5, 5.41) is 32.9. The van der Waals surface area contributed by atoms with E-state index in [1.54, 1.807) is 13.8 Å². The number of imidazole rings is 3. The van der Waals surface area contributed by atoms with E-state index in [2.05, 4.69) is 53.0 Å². The number of phosphoric ester groups is 2. The fourth-order valence-electron chi connectivity index (χ4n) is 8.74. The average Bonchev–Trinajstić information content (AvgIpc) is 4.27. The molecule has 6 aromatic rings. The predicted octanol–water partition coefficient (Wildman–Crippen LogP) is -5.22. The van der Waals surface area contributed by atoms with Gasteiger partial charge >= 0.3 is 5.65 Å². The third-order valence-electron chi connectivity index (χ3n) is 11.9. The topological polar surface area (TPSA) is 553 Å². The molecule has 0 saturated carbocycles. The lowest BCUT2D eigenvalue weighted by Crippen LogP contribution is -2.46. The van der Waals surface area contributed by atoms with Crippen LogP contribution in [0.25, 0.3) is 33.5 Å². The minimum absolute atomic E-state index is 0.00344. The fraction of sp³-hybridized carbons (Fsp3) is 0.528. The van der Waals surface area contributed by atoms with Gasteiger partial charge in [0.25, 0.3) is 40.5 Å². The molecule has 38 nitrogen and oxygen atoms in total. The van der Waals surface area contributed by atoms with E-state index in [1.807, 2.05) is 0 Å². The molecule has 0 spiro atoms. The summed E-state index contributed by atoms with van der Waals surface area (Å²) in [7, 11) is -21.8. The molecule has 3 saturated heterocycles. The number of hydrogen-bond donors (Lipinski definition) is 8. The molecule has 0 aliphatic carbocycles. The normalized spacial score (nSPS) is 29.9. The third-order valence-corrected chi connectivity index (χ3v) is 17.2. The zero-order valence-electron chi connectivity index (χ0n) is 40.4. The van der Waals surface area contributed by atoms with E-state index in [4.69, 9.17) is 49.9 Å². The summed E-state index contributed by atoms with van der Waals surface area (Å²) >= 11 is 0. The Hall–Kier alpha value is -5.37. The number of fused-ring (bicyclic) bond motifs is 3. The van der Waals surface area contributed by atoms with Gasteiger partial charge in [0.15, 0.2) is 49.0 Å². The second-order valence-corrected chi connectivity index (χ2v) is 23.7. The van der Waals surface area contributed by atoms with E-state index in [-0.39, 0.29) is 57.0 Å². The zero-order chi connectivity index (χ0) is 56.6. The molecule has 9 rings (SSSR count). The maximum Gasteiger partial charge on any atom is 0.313 e. The second-order valence-electron chi connectivity index (χ2n) is 17.6. The van der Waals surface area contributed by atoms with Crippen molar-refractivity contribution in [2.24, 2.45) is 7.05 Å². The van der Waals surface area contributed by atoms with Crippen LogP contribution in [0, 0.1) is 0 Å². The van der Waals surface area contributed by atoms with Gasteiger partial charge in [0.05, 0.1) is 39.0 Å². The molecule has 78 heavy (non-hydrogen) atoms. The summed E-state index contributed by atoms with van der Waals surface area (Å²) in [5.41, 5.74) is 15.5. The van der Waals surface area contributed by atoms with Crippen molar-refractivity contribution in [2.45, 2.75) is 93.6 Å². The van der Waals surface area contributed by atoms with Crippen molar-refractivity contribution in [1.82, 2.24) is 53.6 Å². The number of hydrogen-bond acceptors (Lipinski definition) is 32. The number of nitrogens with one attached hydrogen (secondary N) is 2. The van der Waals surface area contributed by atoms with Crippen LogP contribution >= 0.6 is 31.1 Å². The summed E-state index contributed by atoms with van der Waals surface area (Å²) < 4.78 is 110. The molecular weight excluding hydrogens is 1130 g/mol. The number of nitrogens with two attached hydrogens (primary N) is 3. The molecule has 7 unspecified atom stereocenters. The largest absolute Gasteiger partial charge is 0.775 e. The van der Waals surface area contributed by atoms with Gasteiger partial charge in [0.2, 0.25) is 17.7 Å². The van der Waals surface area contributed by atoms with Crippen LogP contribution in [0.15, 0.2) is 46.8 Å². The maximum absolute atomic E-state index is 13.8. The van der Waals surface area contributed by atoms with E-state index < -0.39 is 135 Å². The smallest absolute Gasteiger partial charge is 0.313 e. The number of H-pyrrole nitrogens is 2. The van der Waals surface area contributed by atoms with Crippen molar-refractivity contribution in [2.75, 3.05) is 37.5 Å². The van der Waals surface area contributed by atoms with Crippen LogP contribution in [0.5, 0.6) is 0 Å². The van der Waals surface area contributed by atoms with Crippen molar-refractivity contribution in [3.63, 3.8) is 0 Å². The van der Waals surface area contributed by atoms with Crippen LogP contribution in [0.3, 0.4) is 0 Å². The Morgan fingerprint density at radius 1 is 0.769 bits per heavy atom. The molecule has 0 aromatic carbocycles. The number of anilines is 3. The van der Waals surface area contributed by atoms with Crippen LogP contribution in [0.4, 0.5) is 17.7 Å². The number of rotatable bonds is 20. The van der Waals surface area contributed by atoms with Crippen molar-refractivity contribution >= 4 is 82.3 Å². The number of aromatic nitrogens is 12. The van der Waals surface area contributed by atoms with Gasteiger partial charge in [-0.05, 0) is 25.7 Å². The highest BCUT2D eigenvalue weighted by Crippen LogP contribution is 2.63. The molecule has 3 aliphatic heterocycles. The third kappa shape index (κ3) is 11.6. The number of aliphatic hydroxyl groups is 3. The van der Waals surface area contributed by atoms with Gasteiger partial charge in [0.1, 0.15) is 66.8 Å². The predicted molar refractivity (Wildman–Crippen MR) is 247 cm³/mol. The standard InChI is InChI=1S/C36H49N15O23P4/c1-13(2)68-23-16(71-33(22(23)54)50-11-43-18-28(50)44-35(38)46-30(18)55)8-66-76(59,60)72-24-14(69-34(25(24)65-4)49-10-42-17-26(37)40-9-41-27(17)49)5-6-75(57,58)73-78(63,64)74-77(61,62)67-7-15-20(52)21(53)32(70-15)51-12-48(3)19-29(51)45-36(39)47-31(19)56/h5-6,9-16,20-25,32-34,52-54H,7-8H2,1-4H3,(H11-,37,38,39,40,41,44,45,46,47,55,56,57,58,59,60,61,62,63,64)/p-3/b6-5+/t14-,15-,16-,20+,21?,22?,23+,24+,25?,32-,33-,34-/m1/s1. The van der Waals surface area contributed by atoms with E-state index in [0.717, 1.165) is 30.7 Å². The molecule has 9 heterocycles. The Balaban J connectivity index is 0.899. The Bertz CT molecular complexity index is 3590. The van der Waals surface area contributed by atoms with Crippen molar-refractivity contribution in [3.05, 3.63) is 57.9 Å². The summed E-state index contributed by atoms with van der Waals surface area (Å²) in [4.78, 5) is 106. The van der Waals surface area contributed by atoms with E-state index in [1.165, 1.54) is 27.1 Å². The number of aromatic amines is 2. The lowest BCUT2D eigenvalue weighted by atomic mass is 10.1. The highest BCUT2D eigenvalue weighted by atomic mass is 31.3. The van der Waals surface area contributed by atoms with E-state index >= 15 is 0 Å². The second kappa shape index (κ2) is 21.6. The van der Waals surface area contributed by atoms with Crippen LogP contribution < -0.4 is 52.5 Å². The zero-order valence-corrected chi connectivity index (χ0v) is 44.0. The van der Waals surface area contributed by atoms with Crippen LogP contribution in [0.2, 0.25) is 0 Å². The van der Waals surface area contributed by atoms with Crippen LogP contribution in [-0.4, -0.2) is 150 Å². The highest BCUT2D eigenvalue weighted by Gasteiger charge is 2.51. The molecule has 3 fully saturated rings. The Kier molecular flexibility index (Phi) is 15.9.